The Morgan fingerprint density at radius 2 is 1.81 bits per heavy atom. The van der Waals surface area contributed by atoms with Gasteiger partial charge in [-0.05, 0) is 43.7 Å². The van der Waals surface area contributed by atoms with Crippen LogP contribution in [0.3, 0.4) is 0 Å². The van der Waals surface area contributed by atoms with Crippen molar-refractivity contribution in [2.24, 2.45) is 0 Å². The Labute approximate surface area is 155 Å². The van der Waals surface area contributed by atoms with Crippen LogP contribution in [0, 0.1) is 13.8 Å². The van der Waals surface area contributed by atoms with Crippen LogP contribution in [-0.4, -0.2) is 25.4 Å². The maximum Gasteiger partial charge on any atom is 0.331 e. The smallest absolute Gasteiger partial charge is 0.331 e. The van der Waals surface area contributed by atoms with Gasteiger partial charge in [0.2, 0.25) is 0 Å². The van der Waals surface area contributed by atoms with E-state index in [2.05, 4.69) is 20.3 Å². The van der Waals surface area contributed by atoms with Gasteiger partial charge in [-0.25, -0.2) is 9.78 Å². The van der Waals surface area contributed by atoms with Gasteiger partial charge in [-0.1, -0.05) is 24.3 Å². The van der Waals surface area contributed by atoms with E-state index < -0.39 is 0 Å². The number of aryl methyl sites for hydroxylation is 2. The van der Waals surface area contributed by atoms with Gasteiger partial charge in [0.1, 0.15) is 0 Å². The number of H-pyrrole nitrogens is 2. The first kappa shape index (κ1) is 16.8. The van der Waals surface area contributed by atoms with E-state index >= 15 is 0 Å². The molecule has 0 unspecified atom stereocenters. The Morgan fingerprint density at radius 1 is 1.07 bits per heavy atom. The number of carbonyl (C=O) groups is 1. The molecule has 27 heavy (non-hydrogen) atoms. The lowest BCUT2D eigenvalue weighted by atomic mass is 10.2. The summed E-state index contributed by atoms with van der Waals surface area (Å²) >= 11 is 0. The summed E-state index contributed by atoms with van der Waals surface area (Å²) in [7, 11) is 0. The molecule has 1 amide bonds. The first-order valence-electron chi connectivity index (χ1n) is 8.63. The Hall–Kier alpha value is -3.61. The molecule has 4 rings (SSSR count). The Morgan fingerprint density at radius 3 is 2.52 bits per heavy atom. The van der Waals surface area contributed by atoms with Gasteiger partial charge in [-0.2, -0.15) is 0 Å². The molecule has 0 bridgehead atoms. The molecular formula is C20H19N5O2. The summed E-state index contributed by atoms with van der Waals surface area (Å²) in [5, 5.41) is 2.84. The summed E-state index contributed by atoms with van der Waals surface area (Å²) in [4.78, 5) is 34.5. The molecule has 7 nitrogen and oxygen atoms in total. The second kappa shape index (κ2) is 6.60. The molecule has 0 spiro atoms. The number of hydrogen-bond donors (Lipinski definition) is 3. The molecule has 0 aliphatic rings. The molecule has 7 heteroatoms. The number of benzene rings is 2. The van der Waals surface area contributed by atoms with Crippen LogP contribution in [0.15, 0.2) is 53.3 Å². The van der Waals surface area contributed by atoms with Crippen molar-refractivity contribution in [3.8, 4) is 5.69 Å². The Kier molecular flexibility index (Phi) is 4.12. The minimum Gasteiger partial charge on any atom is -0.345 e. The highest BCUT2D eigenvalue weighted by atomic mass is 16.2. The molecule has 0 saturated carbocycles. The summed E-state index contributed by atoms with van der Waals surface area (Å²) in [6.07, 6.45) is 0. The van der Waals surface area contributed by atoms with Gasteiger partial charge in [0, 0.05) is 12.2 Å². The largest absolute Gasteiger partial charge is 0.345 e. The third kappa shape index (κ3) is 3.15. The van der Waals surface area contributed by atoms with Crippen molar-refractivity contribution < 1.29 is 4.79 Å². The minimum atomic E-state index is -0.247. The second-order valence-corrected chi connectivity index (χ2v) is 6.43. The van der Waals surface area contributed by atoms with Crippen LogP contribution in [0.2, 0.25) is 0 Å². The van der Waals surface area contributed by atoms with Crippen molar-refractivity contribution in [3.63, 3.8) is 0 Å². The van der Waals surface area contributed by atoms with Gasteiger partial charge in [0.05, 0.1) is 22.4 Å². The molecule has 0 radical (unpaired) electrons. The van der Waals surface area contributed by atoms with E-state index in [0.717, 1.165) is 33.7 Å². The summed E-state index contributed by atoms with van der Waals surface area (Å²) in [5.41, 5.74) is 4.84. The lowest BCUT2D eigenvalue weighted by molar-refractivity contribution is 0.0941. The standard InChI is InChI=1S/C20H19N5O2/c1-12-13(2)23-18(22-12)19(26)21-11-14-7-9-15(10-8-14)25-17-6-4-3-5-16(17)24-20(25)27/h3-10H,11H2,1-2H3,(H,21,26)(H,22,23)(H,24,27). The zero-order valence-electron chi connectivity index (χ0n) is 15.0. The van der Waals surface area contributed by atoms with Crippen LogP contribution in [0.25, 0.3) is 16.7 Å². The van der Waals surface area contributed by atoms with Gasteiger partial charge in [-0.3, -0.25) is 9.36 Å². The SMILES string of the molecule is Cc1nc(C(=O)NCc2ccc(-n3c(=O)[nH]c4ccccc43)cc2)[nH]c1C. The number of carbonyl (C=O) groups excluding carboxylic acids is 1. The van der Waals surface area contributed by atoms with Gasteiger partial charge >= 0.3 is 5.69 Å². The summed E-state index contributed by atoms with van der Waals surface area (Å²) in [5.74, 6) is 0.0649. The lowest BCUT2D eigenvalue weighted by Gasteiger charge is -2.07. The summed E-state index contributed by atoms with van der Waals surface area (Å²) in [6.45, 7) is 4.11. The highest BCUT2D eigenvalue weighted by molar-refractivity contribution is 5.90. The molecule has 0 fully saturated rings. The first-order chi connectivity index (χ1) is 13.0. The van der Waals surface area contributed by atoms with Crippen LogP contribution >= 0.6 is 0 Å². The highest BCUT2D eigenvalue weighted by Gasteiger charge is 2.12. The number of nitrogens with one attached hydrogen (secondary N) is 3. The van der Waals surface area contributed by atoms with Crippen LogP contribution < -0.4 is 11.0 Å². The number of para-hydroxylation sites is 2. The number of nitrogens with zero attached hydrogens (tertiary/aromatic N) is 2. The average molecular weight is 361 g/mol. The van der Waals surface area contributed by atoms with Crippen molar-refractivity contribution in [2.45, 2.75) is 20.4 Å². The van der Waals surface area contributed by atoms with Gasteiger partial charge < -0.3 is 15.3 Å². The summed E-state index contributed by atoms with van der Waals surface area (Å²) < 4.78 is 1.63. The van der Waals surface area contributed by atoms with Gasteiger partial charge in [-0.15, -0.1) is 0 Å². The fraction of sp³-hybridized carbons (Fsp3) is 0.150. The van der Waals surface area contributed by atoms with Crippen molar-refractivity contribution in [3.05, 3.63) is 81.8 Å². The zero-order chi connectivity index (χ0) is 19.0. The number of hydrogen-bond acceptors (Lipinski definition) is 3. The van der Waals surface area contributed by atoms with Crippen LogP contribution in [-0.2, 0) is 6.54 Å². The quantitative estimate of drug-likeness (QED) is 0.521. The van der Waals surface area contributed by atoms with E-state index in [4.69, 9.17) is 0 Å². The molecule has 0 aliphatic heterocycles. The van der Waals surface area contributed by atoms with Crippen molar-refractivity contribution in [2.75, 3.05) is 0 Å². The summed E-state index contributed by atoms with van der Waals surface area (Å²) in [6, 6.07) is 15.1. The number of aromatic amines is 2. The second-order valence-electron chi connectivity index (χ2n) is 6.43. The predicted octanol–water partition coefficient (Wildman–Crippen LogP) is 2.59. The molecule has 0 saturated heterocycles. The number of fused-ring (bicyclic) bond motifs is 1. The normalized spacial score (nSPS) is 11.0. The van der Waals surface area contributed by atoms with E-state index in [1.165, 1.54) is 0 Å². The third-order valence-corrected chi connectivity index (χ3v) is 4.58. The zero-order valence-corrected chi connectivity index (χ0v) is 15.0. The van der Waals surface area contributed by atoms with Crippen LogP contribution in [0.5, 0.6) is 0 Å². The topological polar surface area (TPSA) is 95.6 Å². The molecular weight excluding hydrogens is 342 g/mol. The van der Waals surface area contributed by atoms with Gasteiger partial charge in [0.25, 0.3) is 5.91 Å². The van der Waals surface area contributed by atoms with Gasteiger partial charge in [0.15, 0.2) is 5.82 Å². The minimum absolute atomic E-state index is 0.180. The number of rotatable bonds is 4. The molecule has 136 valence electrons. The van der Waals surface area contributed by atoms with Crippen molar-refractivity contribution in [1.82, 2.24) is 24.8 Å². The number of amides is 1. The number of aromatic nitrogens is 4. The molecule has 0 atom stereocenters. The van der Waals surface area contributed by atoms with E-state index in [-0.39, 0.29) is 11.6 Å². The molecule has 0 aliphatic carbocycles. The molecule has 2 aromatic carbocycles. The van der Waals surface area contributed by atoms with E-state index in [1.54, 1.807) is 4.57 Å². The number of imidazole rings is 2. The monoisotopic (exact) mass is 361 g/mol. The first-order valence-corrected chi connectivity index (χ1v) is 8.63. The maximum absolute atomic E-state index is 12.3. The van der Waals surface area contributed by atoms with Crippen molar-refractivity contribution >= 4 is 16.9 Å². The molecule has 4 aromatic rings. The Balaban J connectivity index is 1.51. The van der Waals surface area contributed by atoms with E-state index in [9.17, 15) is 9.59 Å². The predicted molar refractivity (Wildman–Crippen MR) is 103 cm³/mol. The fourth-order valence-corrected chi connectivity index (χ4v) is 3.00. The molecule has 2 heterocycles. The third-order valence-electron chi connectivity index (χ3n) is 4.58. The highest BCUT2D eigenvalue weighted by Crippen LogP contribution is 2.15. The Bertz CT molecular complexity index is 1160. The average Bonchev–Trinajstić information content (AvgIpc) is 3.18. The fourth-order valence-electron chi connectivity index (χ4n) is 3.00. The van der Waals surface area contributed by atoms with E-state index in [1.807, 2.05) is 62.4 Å². The van der Waals surface area contributed by atoms with Crippen LogP contribution in [0.4, 0.5) is 0 Å². The maximum atomic E-state index is 12.3. The molecule has 2 aromatic heterocycles. The molecule has 3 N–H and O–H groups in total. The van der Waals surface area contributed by atoms with Crippen LogP contribution in [0.1, 0.15) is 27.6 Å². The van der Waals surface area contributed by atoms with Crippen molar-refractivity contribution in [1.29, 1.82) is 0 Å². The lowest BCUT2D eigenvalue weighted by Crippen LogP contribution is -2.24. The van der Waals surface area contributed by atoms with E-state index in [0.29, 0.717) is 12.4 Å².